The summed E-state index contributed by atoms with van der Waals surface area (Å²) in [4.78, 5) is 24.2. The third-order valence-electron chi connectivity index (χ3n) is 15.8. The van der Waals surface area contributed by atoms with E-state index in [0.29, 0.717) is 16.5 Å². The van der Waals surface area contributed by atoms with Gasteiger partial charge in [0.2, 0.25) is 5.70 Å². The highest BCUT2D eigenvalue weighted by Crippen LogP contribution is 2.56. The minimum atomic E-state index is -1.09. The molecule has 392 valence electrons. The van der Waals surface area contributed by atoms with E-state index >= 15 is 4.79 Å². The first-order valence-corrected chi connectivity index (χ1v) is 29.1. The van der Waals surface area contributed by atoms with Crippen molar-refractivity contribution in [3.05, 3.63) is 124 Å². The molecule has 0 saturated heterocycles. The summed E-state index contributed by atoms with van der Waals surface area (Å²) in [7, 11) is 0. The summed E-state index contributed by atoms with van der Waals surface area (Å²) < 4.78 is 0. The number of allylic oxidation sites excluding steroid dienone is 2. The number of benzene rings is 6. The molecule has 0 fully saturated rings. The monoisotopic (exact) mass is 994 g/mol. The number of nitrogens with zero attached hydrogens (tertiary/aromatic N) is 4. The second kappa shape index (κ2) is 28.5. The van der Waals surface area contributed by atoms with Gasteiger partial charge in [0.25, 0.3) is 0 Å². The van der Waals surface area contributed by atoms with Crippen LogP contribution in [0.4, 0.5) is 11.4 Å². The fourth-order valence-electron chi connectivity index (χ4n) is 11.7. The number of hydrogen-bond donors (Lipinski definition) is 2. The van der Waals surface area contributed by atoms with Crippen molar-refractivity contribution in [3.8, 4) is 11.5 Å². The minimum absolute atomic E-state index is 0.0219. The van der Waals surface area contributed by atoms with Gasteiger partial charge in [-0.1, -0.05) is 205 Å². The Morgan fingerprint density at radius 1 is 0.514 bits per heavy atom. The van der Waals surface area contributed by atoms with Gasteiger partial charge in [-0.3, -0.25) is 10.7 Å². The van der Waals surface area contributed by atoms with Gasteiger partial charge >= 0.3 is 0 Å². The maximum atomic E-state index is 15.5. The molecule has 1 aliphatic rings. The summed E-state index contributed by atoms with van der Waals surface area (Å²) >= 11 is 0. The number of carbonyl (C=O) groups excluding carboxylic acids is 1. The molecule has 1 unspecified atom stereocenters. The van der Waals surface area contributed by atoms with Gasteiger partial charge in [0.05, 0.1) is 12.5 Å². The smallest absolute Gasteiger partial charge is 0.210 e. The van der Waals surface area contributed by atoms with Gasteiger partial charge in [0.15, 0.2) is 5.78 Å². The average Bonchev–Trinajstić information content (AvgIpc) is 3.42. The normalized spacial score (nSPS) is 13.5. The number of carbonyl (C=O) groups is 1. The summed E-state index contributed by atoms with van der Waals surface area (Å²) in [6.45, 7) is 20.8. The van der Waals surface area contributed by atoms with Gasteiger partial charge in [0.1, 0.15) is 11.5 Å². The van der Waals surface area contributed by atoms with Crippen LogP contribution in [0.3, 0.4) is 0 Å². The zero-order valence-corrected chi connectivity index (χ0v) is 45.6. The van der Waals surface area contributed by atoms with Crippen LogP contribution >= 0.6 is 0 Å². The SMILES string of the molecule is [C-]#[N+]C(=C=[N-])C1=C(c2c(O)cc(N(CCCCCCCC)CCCCCCCC)c3cc4ccccc4cc23)C(=O)C1c1c(O)cc(N(CCCCCCCC)CCCCCCCC)c2cc3ccccc3cc12. The van der Waals surface area contributed by atoms with Crippen LogP contribution in [0, 0.1) is 6.57 Å². The lowest BCUT2D eigenvalue weighted by Crippen LogP contribution is -2.31. The molecule has 7 rings (SSSR count). The second-order valence-corrected chi connectivity index (χ2v) is 21.3. The Kier molecular flexibility index (Phi) is 21.5. The van der Waals surface area contributed by atoms with Gasteiger partial charge in [-0.05, 0) is 87.8 Å². The first-order chi connectivity index (χ1) is 36.3. The molecule has 7 heteroatoms. The molecule has 1 atom stereocenters. The van der Waals surface area contributed by atoms with E-state index in [1.54, 1.807) is 0 Å². The number of anilines is 2. The molecule has 0 heterocycles. The van der Waals surface area contributed by atoms with E-state index in [4.69, 9.17) is 6.57 Å². The third-order valence-corrected chi connectivity index (χ3v) is 15.8. The van der Waals surface area contributed by atoms with E-state index in [1.807, 2.05) is 36.4 Å². The second-order valence-electron chi connectivity index (χ2n) is 21.3. The van der Waals surface area contributed by atoms with Crippen molar-refractivity contribution < 1.29 is 15.0 Å². The van der Waals surface area contributed by atoms with Crippen molar-refractivity contribution in [2.24, 2.45) is 0 Å². The fourth-order valence-corrected chi connectivity index (χ4v) is 11.7. The van der Waals surface area contributed by atoms with Gasteiger partial charge in [-0.2, -0.15) is 0 Å². The maximum absolute atomic E-state index is 15.5. The fraction of sp³-hybridized carbons (Fsp3) is 0.493. The molecule has 0 radical (unpaired) electrons. The first-order valence-electron chi connectivity index (χ1n) is 29.1. The Labute approximate surface area is 444 Å². The van der Waals surface area contributed by atoms with Crippen LogP contribution in [-0.4, -0.2) is 48.0 Å². The van der Waals surface area contributed by atoms with Crippen molar-refractivity contribution in [2.45, 2.75) is 188 Å². The molecule has 6 aromatic carbocycles. The molecule has 6 aromatic rings. The van der Waals surface area contributed by atoms with E-state index in [0.717, 1.165) is 127 Å². The Balaban J connectivity index is 1.38. The summed E-state index contributed by atoms with van der Waals surface area (Å²) in [6.07, 6.45) is 28.3. The van der Waals surface area contributed by atoms with E-state index in [1.165, 1.54) is 103 Å². The Morgan fingerprint density at radius 2 is 0.865 bits per heavy atom. The molecule has 0 spiro atoms. The lowest BCUT2D eigenvalue weighted by molar-refractivity contribution is -0.115. The van der Waals surface area contributed by atoms with Crippen LogP contribution in [0.1, 0.15) is 199 Å². The van der Waals surface area contributed by atoms with Gasteiger partial charge < -0.3 is 25.4 Å². The zero-order chi connectivity index (χ0) is 52.2. The Morgan fingerprint density at radius 3 is 1.26 bits per heavy atom. The number of Topliss-reactive ketones (excluding diaryl/α,β-unsaturated/α-hetero) is 1. The van der Waals surface area contributed by atoms with Crippen LogP contribution in [0.25, 0.3) is 58.9 Å². The number of hydrogen-bond acceptors (Lipinski definition) is 5. The number of unbranched alkanes of at least 4 members (excludes halogenated alkanes) is 20. The van der Waals surface area contributed by atoms with Crippen molar-refractivity contribution >= 4 is 71.7 Å². The molecule has 0 saturated carbocycles. The summed E-state index contributed by atoms with van der Waals surface area (Å²) in [5.41, 5.74) is 2.86. The van der Waals surface area contributed by atoms with Crippen molar-refractivity contribution in [2.75, 3.05) is 36.0 Å². The predicted molar refractivity (Wildman–Crippen MR) is 317 cm³/mol. The van der Waals surface area contributed by atoms with Crippen LogP contribution in [0.5, 0.6) is 11.5 Å². The zero-order valence-electron chi connectivity index (χ0n) is 45.6. The van der Waals surface area contributed by atoms with Crippen molar-refractivity contribution in [3.63, 3.8) is 0 Å². The first kappa shape index (κ1) is 55.7. The number of phenols is 2. The van der Waals surface area contributed by atoms with Gasteiger partial charge in [-0.15, -0.1) is 0 Å². The lowest BCUT2D eigenvalue weighted by Gasteiger charge is -2.36. The van der Waals surface area contributed by atoms with Gasteiger partial charge in [-0.25, -0.2) is 4.85 Å². The number of aromatic hydroxyl groups is 2. The molecule has 74 heavy (non-hydrogen) atoms. The van der Waals surface area contributed by atoms with Crippen molar-refractivity contribution in [1.29, 1.82) is 0 Å². The van der Waals surface area contributed by atoms with Crippen LogP contribution in [-0.2, 0) is 4.79 Å². The highest BCUT2D eigenvalue weighted by molar-refractivity contribution is 6.38. The summed E-state index contributed by atoms with van der Waals surface area (Å²) in [5.74, 6) is 0.683. The van der Waals surface area contributed by atoms with Gasteiger partial charge in [0, 0.05) is 77.2 Å². The third kappa shape index (κ3) is 13.4. The molecule has 2 N–H and O–H groups in total. The number of fused-ring (bicyclic) bond motifs is 4. The van der Waals surface area contributed by atoms with Crippen molar-refractivity contribution in [1.82, 2.24) is 0 Å². The molecule has 1 aliphatic carbocycles. The van der Waals surface area contributed by atoms with E-state index in [9.17, 15) is 15.6 Å². The Bertz CT molecular complexity index is 2920. The average molecular weight is 994 g/mol. The highest BCUT2D eigenvalue weighted by atomic mass is 16.3. The van der Waals surface area contributed by atoms with E-state index in [2.05, 4.69) is 96.7 Å². The number of ketones is 1. The van der Waals surface area contributed by atoms with Crippen LogP contribution in [0.2, 0.25) is 0 Å². The minimum Gasteiger partial charge on any atom is -0.775 e. The largest absolute Gasteiger partial charge is 0.775 e. The molecule has 0 aliphatic heterocycles. The Hall–Kier alpha value is -6.09. The molecular formula is C67H85N4O3-. The molecule has 0 bridgehead atoms. The maximum Gasteiger partial charge on any atom is 0.210 e. The predicted octanol–water partition coefficient (Wildman–Crippen LogP) is 18.9. The summed E-state index contributed by atoms with van der Waals surface area (Å²) in [5, 5.41) is 43.3. The molecule has 0 amide bonds. The number of phenolic OH excluding ortho intramolecular Hbond substituents is 2. The topological polar surface area (TPSA) is 90.7 Å². The van der Waals surface area contributed by atoms with E-state index < -0.39 is 5.92 Å². The van der Waals surface area contributed by atoms with Crippen LogP contribution in [0.15, 0.2) is 96.2 Å². The van der Waals surface area contributed by atoms with E-state index in [-0.39, 0.29) is 34.1 Å². The quantitative estimate of drug-likeness (QED) is 0.0186. The number of rotatable bonds is 33. The summed E-state index contributed by atoms with van der Waals surface area (Å²) in [6, 6.07) is 28.6. The van der Waals surface area contributed by atoms with Crippen LogP contribution < -0.4 is 9.80 Å². The molecule has 7 nitrogen and oxygen atoms in total. The molecular weight excluding hydrogens is 909 g/mol. The highest BCUT2D eigenvalue weighted by Gasteiger charge is 2.46. The standard InChI is InChI=1S/C67H85N4O3/c1-6-10-14-18-22-30-38-70(39-31-23-19-15-11-7-2)58-46-60(72)62(55-44-51-36-28-26-34-49(51)42-53(55)58)65-64(57(48-68)69-5)66(67(65)74)63-56-45-52-37-29-27-35-50(52)43-54(56)59(47-61(63)73)71(40-32-24-20-16-12-8-3)41-33-25-21-17-13-9-4/h26-29,34-37,42-47,65,72-73H,6-25,30-33,38-41H2,1-4H3/q-1. The molecule has 0 aromatic heterocycles. The lowest BCUT2D eigenvalue weighted by atomic mass is 9.66.